The molecule has 0 aromatic heterocycles. The summed E-state index contributed by atoms with van der Waals surface area (Å²) in [6.45, 7) is 11.7. The third-order valence-corrected chi connectivity index (χ3v) is 4.51. The van der Waals surface area contributed by atoms with E-state index in [1.165, 1.54) is 52.1 Å². The van der Waals surface area contributed by atoms with Crippen LogP contribution in [0.2, 0.25) is 0 Å². The maximum Gasteiger partial charge on any atom is 0.0594 e. The van der Waals surface area contributed by atoms with Crippen molar-refractivity contribution in [2.24, 2.45) is 5.41 Å². The fourth-order valence-corrected chi connectivity index (χ4v) is 3.47. The number of nitrogens with zero attached hydrogens (tertiary/aromatic N) is 2. The van der Waals surface area contributed by atoms with E-state index in [-0.39, 0.29) is 0 Å². The van der Waals surface area contributed by atoms with Gasteiger partial charge in [-0.3, -0.25) is 4.90 Å². The molecule has 98 valence electrons. The quantitative estimate of drug-likeness (QED) is 0.750. The second kappa shape index (κ2) is 5.22. The van der Waals surface area contributed by atoms with Crippen LogP contribution in [0.4, 0.5) is 0 Å². The number of piperidine rings is 1. The van der Waals surface area contributed by atoms with Gasteiger partial charge in [0.25, 0.3) is 0 Å². The minimum atomic E-state index is 0.642. The lowest BCUT2D eigenvalue weighted by molar-refractivity contribution is -0.0294. The van der Waals surface area contributed by atoms with E-state index in [4.69, 9.17) is 4.74 Å². The lowest BCUT2D eigenvalue weighted by Crippen LogP contribution is -2.63. The minimum absolute atomic E-state index is 0.642. The van der Waals surface area contributed by atoms with Crippen LogP contribution in [0.3, 0.4) is 0 Å². The van der Waals surface area contributed by atoms with Gasteiger partial charge < -0.3 is 15.0 Å². The average Bonchev–Trinajstić information content (AvgIpc) is 2.36. The van der Waals surface area contributed by atoms with Gasteiger partial charge in [-0.05, 0) is 19.4 Å². The Morgan fingerprint density at radius 3 is 2.53 bits per heavy atom. The molecule has 1 N–H and O–H groups in total. The first-order chi connectivity index (χ1) is 8.36. The largest absolute Gasteiger partial charge is 0.379 e. The van der Waals surface area contributed by atoms with Gasteiger partial charge in [0, 0.05) is 51.2 Å². The van der Waals surface area contributed by atoms with E-state index in [9.17, 15) is 0 Å². The second-order valence-corrected chi connectivity index (χ2v) is 5.94. The second-order valence-electron chi connectivity index (χ2n) is 5.94. The SMILES string of the molecule is C1CNCC2(C1)CN(CCN1CCOCC1)C2. The molecule has 3 fully saturated rings. The number of likely N-dealkylation sites (tertiary alicyclic amines) is 1. The van der Waals surface area contributed by atoms with Crippen molar-refractivity contribution >= 4 is 0 Å². The van der Waals surface area contributed by atoms with Crippen molar-refractivity contribution in [3.8, 4) is 0 Å². The molecule has 0 radical (unpaired) electrons. The van der Waals surface area contributed by atoms with E-state index in [0.717, 1.165) is 26.3 Å². The zero-order chi connectivity index (χ0) is 11.6. The molecule has 0 aromatic rings. The molecule has 0 aromatic carbocycles. The first kappa shape index (κ1) is 11.9. The Morgan fingerprint density at radius 1 is 1.06 bits per heavy atom. The predicted octanol–water partition coefficient (Wildman–Crippen LogP) is 0.00400. The zero-order valence-corrected chi connectivity index (χ0v) is 10.8. The molecule has 0 amide bonds. The van der Waals surface area contributed by atoms with E-state index in [0.29, 0.717) is 5.41 Å². The smallest absolute Gasteiger partial charge is 0.0594 e. The van der Waals surface area contributed by atoms with Gasteiger partial charge in [-0.25, -0.2) is 0 Å². The summed E-state index contributed by atoms with van der Waals surface area (Å²) in [5.74, 6) is 0. The van der Waals surface area contributed by atoms with Gasteiger partial charge >= 0.3 is 0 Å². The van der Waals surface area contributed by atoms with Gasteiger partial charge in [-0.1, -0.05) is 0 Å². The molecule has 1 spiro atoms. The molecule has 3 heterocycles. The Hall–Kier alpha value is -0.160. The molecule has 0 saturated carbocycles. The van der Waals surface area contributed by atoms with Gasteiger partial charge in [-0.15, -0.1) is 0 Å². The highest BCUT2D eigenvalue weighted by Gasteiger charge is 2.42. The van der Waals surface area contributed by atoms with Gasteiger partial charge in [0.15, 0.2) is 0 Å². The van der Waals surface area contributed by atoms with Gasteiger partial charge in [-0.2, -0.15) is 0 Å². The van der Waals surface area contributed by atoms with Crippen LogP contribution < -0.4 is 5.32 Å². The summed E-state index contributed by atoms with van der Waals surface area (Å²) in [6, 6.07) is 0. The Balaban J connectivity index is 1.35. The summed E-state index contributed by atoms with van der Waals surface area (Å²) in [5.41, 5.74) is 0.642. The number of hydrogen-bond acceptors (Lipinski definition) is 4. The van der Waals surface area contributed by atoms with Crippen LogP contribution in [0.5, 0.6) is 0 Å². The predicted molar refractivity (Wildman–Crippen MR) is 68.2 cm³/mol. The van der Waals surface area contributed by atoms with Crippen LogP contribution in [0.1, 0.15) is 12.8 Å². The van der Waals surface area contributed by atoms with Crippen LogP contribution in [-0.2, 0) is 4.74 Å². The van der Waals surface area contributed by atoms with E-state index >= 15 is 0 Å². The molecule has 0 bridgehead atoms. The molecular weight excluding hydrogens is 214 g/mol. The third-order valence-electron chi connectivity index (χ3n) is 4.51. The molecule has 17 heavy (non-hydrogen) atoms. The topological polar surface area (TPSA) is 27.7 Å². The lowest BCUT2D eigenvalue weighted by Gasteiger charge is -2.53. The number of nitrogens with one attached hydrogen (secondary N) is 1. The molecule has 0 atom stereocenters. The van der Waals surface area contributed by atoms with Crippen molar-refractivity contribution in [2.75, 3.05) is 65.6 Å². The van der Waals surface area contributed by atoms with Crippen molar-refractivity contribution in [1.29, 1.82) is 0 Å². The maximum atomic E-state index is 5.37. The zero-order valence-electron chi connectivity index (χ0n) is 10.8. The molecule has 4 heteroatoms. The van der Waals surface area contributed by atoms with Crippen molar-refractivity contribution in [1.82, 2.24) is 15.1 Å². The van der Waals surface area contributed by atoms with Gasteiger partial charge in [0.05, 0.1) is 13.2 Å². The molecule has 0 aliphatic carbocycles. The van der Waals surface area contributed by atoms with Crippen molar-refractivity contribution in [3.63, 3.8) is 0 Å². The van der Waals surface area contributed by atoms with E-state index < -0.39 is 0 Å². The van der Waals surface area contributed by atoms with Crippen molar-refractivity contribution < 1.29 is 4.74 Å². The van der Waals surface area contributed by atoms with E-state index in [1.807, 2.05) is 0 Å². The van der Waals surface area contributed by atoms with Crippen molar-refractivity contribution in [2.45, 2.75) is 12.8 Å². The van der Waals surface area contributed by atoms with Crippen LogP contribution in [0.15, 0.2) is 0 Å². The summed E-state index contributed by atoms with van der Waals surface area (Å²) in [6.07, 6.45) is 2.81. The molecule has 3 saturated heterocycles. The maximum absolute atomic E-state index is 5.37. The molecule has 0 unspecified atom stereocenters. The number of hydrogen-bond donors (Lipinski definition) is 1. The summed E-state index contributed by atoms with van der Waals surface area (Å²) in [5, 5.41) is 3.55. The third kappa shape index (κ3) is 2.81. The van der Waals surface area contributed by atoms with E-state index in [2.05, 4.69) is 15.1 Å². The highest BCUT2D eigenvalue weighted by molar-refractivity contribution is 4.98. The van der Waals surface area contributed by atoms with Crippen molar-refractivity contribution in [3.05, 3.63) is 0 Å². The summed E-state index contributed by atoms with van der Waals surface area (Å²) in [7, 11) is 0. The number of rotatable bonds is 3. The summed E-state index contributed by atoms with van der Waals surface area (Å²) >= 11 is 0. The first-order valence-corrected chi connectivity index (χ1v) is 7.10. The molecule has 3 aliphatic heterocycles. The molecule has 4 nitrogen and oxygen atoms in total. The van der Waals surface area contributed by atoms with Crippen LogP contribution in [-0.4, -0.2) is 75.4 Å². The van der Waals surface area contributed by atoms with Gasteiger partial charge in [0.2, 0.25) is 0 Å². The van der Waals surface area contributed by atoms with E-state index in [1.54, 1.807) is 0 Å². The highest BCUT2D eigenvalue weighted by Crippen LogP contribution is 2.35. The normalized spacial score (nSPS) is 30.4. The fourth-order valence-electron chi connectivity index (χ4n) is 3.47. The lowest BCUT2D eigenvalue weighted by atomic mass is 9.74. The van der Waals surface area contributed by atoms with Crippen LogP contribution >= 0.6 is 0 Å². The van der Waals surface area contributed by atoms with Gasteiger partial charge in [0.1, 0.15) is 0 Å². The summed E-state index contributed by atoms with van der Waals surface area (Å²) < 4.78 is 5.37. The Bertz CT molecular complexity index is 239. The minimum Gasteiger partial charge on any atom is -0.379 e. The molecular formula is C13H25N3O. The van der Waals surface area contributed by atoms with Crippen LogP contribution in [0.25, 0.3) is 0 Å². The fraction of sp³-hybridized carbons (Fsp3) is 1.00. The highest BCUT2D eigenvalue weighted by atomic mass is 16.5. The van der Waals surface area contributed by atoms with Crippen LogP contribution in [0, 0.1) is 5.41 Å². The first-order valence-electron chi connectivity index (χ1n) is 7.10. The Morgan fingerprint density at radius 2 is 1.82 bits per heavy atom. The summed E-state index contributed by atoms with van der Waals surface area (Å²) in [4.78, 5) is 5.16. The monoisotopic (exact) mass is 239 g/mol. The standard InChI is InChI=1S/C13H25N3O/c1-2-13(10-14-3-1)11-16(12-13)5-4-15-6-8-17-9-7-15/h14H,1-12H2. The molecule has 3 aliphatic rings. The Kier molecular flexibility index (Phi) is 3.66. The number of morpholine rings is 1. The molecule has 3 rings (SSSR count). The number of ether oxygens (including phenoxy) is 1. The Labute approximate surface area is 104 Å². The average molecular weight is 239 g/mol.